The van der Waals surface area contributed by atoms with Crippen LogP contribution < -0.4 is 0 Å². The van der Waals surface area contributed by atoms with E-state index in [0.29, 0.717) is 0 Å². The normalized spacial score (nSPS) is 11.0. The third kappa shape index (κ3) is 1.62. The van der Waals surface area contributed by atoms with Crippen LogP contribution in [0.15, 0.2) is 22.7 Å². The van der Waals surface area contributed by atoms with Crippen LogP contribution >= 0.6 is 38.9 Å². The molecule has 0 aliphatic rings. The number of hydrogen-bond acceptors (Lipinski definition) is 2. The van der Waals surface area contributed by atoms with E-state index in [1.54, 1.807) is 0 Å². The van der Waals surface area contributed by atoms with Crippen LogP contribution in [0.5, 0.6) is 0 Å². The Balaban J connectivity index is 2.82. The number of rotatable bonds is 1. The average molecular weight is 278 g/mol. The SMILES string of the molecule is OCc1c(Br)ccc2cc(Cl)sc12. The Labute approximate surface area is 93.1 Å². The van der Waals surface area contributed by atoms with Crippen molar-refractivity contribution in [1.29, 1.82) is 0 Å². The van der Waals surface area contributed by atoms with E-state index in [4.69, 9.17) is 16.7 Å². The molecule has 13 heavy (non-hydrogen) atoms. The van der Waals surface area contributed by atoms with Crippen LogP contribution in [0.1, 0.15) is 5.56 Å². The monoisotopic (exact) mass is 276 g/mol. The Bertz CT molecular complexity index is 452. The van der Waals surface area contributed by atoms with Gasteiger partial charge in [-0.15, -0.1) is 11.3 Å². The first-order valence-electron chi connectivity index (χ1n) is 3.69. The Morgan fingerprint density at radius 3 is 2.92 bits per heavy atom. The molecule has 1 nitrogen and oxygen atoms in total. The smallest absolute Gasteiger partial charge is 0.0941 e. The Hall–Kier alpha value is -0.0900. The molecule has 2 rings (SSSR count). The van der Waals surface area contributed by atoms with Crippen molar-refractivity contribution in [1.82, 2.24) is 0 Å². The van der Waals surface area contributed by atoms with Gasteiger partial charge in [-0.05, 0) is 17.5 Å². The molecule has 0 atom stereocenters. The number of aliphatic hydroxyl groups is 1. The van der Waals surface area contributed by atoms with Gasteiger partial charge in [0.25, 0.3) is 0 Å². The van der Waals surface area contributed by atoms with Crippen LogP contribution in [0.3, 0.4) is 0 Å². The Morgan fingerprint density at radius 2 is 2.23 bits per heavy atom. The second-order valence-corrected chi connectivity index (χ2v) is 5.19. The van der Waals surface area contributed by atoms with Gasteiger partial charge in [-0.1, -0.05) is 33.6 Å². The van der Waals surface area contributed by atoms with E-state index in [0.717, 1.165) is 24.5 Å². The molecule has 1 N–H and O–H groups in total. The summed E-state index contributed by atoms with van der Waals surface area (Å²) in [5, 5.41) is 10.2. The minimum absolute atomic E-state index is 0.0365. The van der Waals surface area contributed by atoms with E-state index in [2.05, 4.69) is 15.9 Å². The molecule has 0 aliphatic carbocycles. The highest BCUT2D eigenvalue weighted by molar-refractivity contribution is 9.10. The molecule has 1 aromatic carbocycles. The van der Waals surface area contributed by atoms with Gasteiger partial charge in [-0.2, -0.15) is 0 Å². The molecule has 0 radical (unpaired) electrons. The van der Waals surface area contributed by atoms with Crippen molar-refractivity contribution in [3.63, 3.8) is 0 Å². The van der Waals surface area contributed by atoms with Gasteiger partial charge in [-0.3, -0.25) is 0 Å². The summed E-state index contributed by atoms with van der Waals surface area (Å²) >= 11 is 10.8. The summed E-state index contributed by atoms with van der Waals surface area (Å²) in [5.41, 5.74) is 0.911. The Kier molecular flexibility index (Phi) is 2.60. The van der Waals surface area contributed by atoms with E-state index < -0.39 is 0 Å². The zero-order valence-electron chi connectivity index (χ0n) is 6.55. The second-order valence-electron chi connectivity index (χ2n) is 2.65. The quantitative estimate of drug-likeness (QED) is 0.840. The molecule has 2 aromatic rings. The highest BCUT2D eigenvalue weighted by Crippen LogP contribution is 2.35. The van der Waals surface area contributed by atoms with Crippen molar-refractivity contribution in [2.24, 2.45) is 0 Å². The van der Waals surface area contributed by atoms with Crippen molar-refractivity contribution >= 4 is 49.0 Å². The number of benzene rings is 1. The third-order valence-corrected chi connectivity index (χ3v) is 3.94. The first kappa shape index (κ1) is 9.46. The van der Waals surface area contributed by atoms with Crippen molar-refractivity contribution in [2.45, 2.75) is 6.61 Å². The van der Waals surface area contributed by atoms with E-state index in [-0.39, 0.29) is 6.61 Å². The average Bonchev–Trinajstić information content (AvgIpc) is 2.45. The summed E-state index contributed by atoms with van der Waals surface area (Å²) in [4.78, 5) is 0. The summed E-state index contributed by atoms with van der Waals surface area (Å²) in [6.07, 6.45) is 0. The fourth-order valence-corrected chi connectivity index (χ4v) is 3.11. The summed E-state index contributed by atoms with van der Waals surface area (Å²) in [5.74, 6) is 0. The fourth-order valence-electron chi connectivity index (χ4n) is 1.25. The molecule has 0 fully saturated rings. The number of halogens is 2. The lowest BCUT2D eigenvalue weighted by Gasteiger charge is -2.00. The van der Waals surface area contributed by atoms with Crippen molar-refractivity contribution in [2.75, 3.05) is 0 Å². The molecule has 68 valence electrons. The molecular formula is C9H6BrClOS. The maximum atomic E-state index is 9.16. The van der Waals surface area contributed by atoms with Crippen LogP contribution in [0.4, 0.5) is 0 Å². The molecule has 0 spiro atoms. The highest BCUT2D eigenvalue weighted by Gasteiger charge is 2.07. The highest BCUT2D eigenvalue weighted by atomic mass is 79.9. The summed E-state index contributed by atoms with van der Waals surface area (Å²) in [7, 11) is 0. The predicted molar refractivity (Wildman–Crippen MR) is 60.5 cm³/mol. The minimum Gasteiger partial charge on any atom is -0.392 e. The summed E-state index contributed by atoms with van der Waals surface area (Å²) in [6.45, 7) is 0.0365. The number of thiophene rings is 1. The van der Waals surface area contributed by atoms with Crippen LogP contribution in [0.2, 0.25) is 4.34 Å². The topological polar surface area (TPSA) is 20.2 Å². The maximum Gasteiger partial charge on any atom is 0.0941 e. The first-order valence-corrected chi connectivity index (χ1v) is 5.68. The zero-order chi connectivity index (χ0) is 9.42. The van der Waals surface area contributed by atoms with Gasteiger partial charge in [0, 0.05) is 14.7 Å². The number of aliphatic hydroxyl groups excluding tert-OH is 1. The van der Waals surface area contributed by atoms with Crippen LogP contribution in [0.25, 0.3) is 10.1 Å². The second kappa shape index (κ2) is 3.58. The van der Waals surface area contributed by atoms with Gasteiger partial charge in [-0.25, -0.2) is 0 Å². The molecule has 4 heteroatoms. The molecule has 0 saturated heterocycles. The molecule has 1 aromatic heterocycles. The van der Waals surface area contributed by atoms with Gasteiger partial charge >= 0.3 is 0 Å². The van der Waals surface area contributed by atoms with Crippen molar-refractivity contribution in [3.8, 4) is 0 Å². The van der Waals surface area contributed by atoms with Crippen molar-refractivity contribution < 1.29 is 5.11 Å². The first-order chi connectivity index (χ1) is 6.22. The van der Waals surface area contributed by atoms with Gasteiger partial charge in [0.2, 0.25) is 0 Å². The minimum atomic E-state index is 0.0365. The van der Waals surface area contributed by atoms with Gasteiger partial charge < -0.3 is 5.11 Å². The van der Waals surface area contributed by atoms with E-state index in [1.807, 2.05) is 18.2 Å². The zero-order valence-corrected chi connectivity index (χ0v) is 9.71. The standard InChI is InChI=1S/C9H6BrClOS/c10-7-2-1-5-3-8(11)13-9(5)6(7)4-12/h1-3,12H,4H2. The lowest BCUT2D eigenvalue weighted by Crippen LogP contribution is -1.84. The van der Waals surface area contributed by atoms with Gasteiger partial charge in [0.15, 0.2) is 0 Å². The maximum absolute atomic E-state index is 9.16. The van der Waals surface area contributed by atoms with Crippen LogP contribution in [-0.4, -0.2) is 5.11 Å². The van der Waals surface area contributed by atoms with Gasteiger partial charge in [0.1, 0.15) is 0 Å². The molecule has 0 unspecified atom stereocenters. The molecule has 0 saturated carbocycles. The van der Waals surface area contributed by atoms with Crippen LogP contribution in [0, 0.1) is 0 Å². The molecular weight excluding hydrogens is 272 g/mol. The van der Waals surface area contributed by atoms with Crippen molar-refractivity contribution in [3.05, 3.63) is 32.6 Å². The van der Waals surface area contributed by atoms with E-state index in [9.17, 15) is 0 Å². The molecule has 1 heterocycles. The van der Waals surface area contributed by atoms with Crippen LogP contribution in [-0.2, 0) is 6.61 Å². The lowest BCUT2D eigenvalue weighted by atomic mass is 10.2. The number of fused-ring (bicyclic) bond motifs is 1. The Morgan fingerprint density at radius 1 is 1.46 bits per heavy atom. The van der Waals surface area contributed by atoms with E-state index in [1.165, 1.54) is 11.3 Å². The number of hydrogen-bond donors (Lipinski definition) is 1. The fraction of sp³-hybridized carbons (Fsp3) is 0.111. The third-order valence-electron chi connectivity index (χ3n) is 1.86. The van der Waals surface area contributed by atoms with Gasteiger partial charge in [0.05, 0.1) is 10.9 Å². The molecule has 0 amide bonds. The van der Waals surface area contributed by atoms with E-state index >= 15 is 0 Å². The lowest BCUT2D eigenvalue weighted by molar-refractivity contribution is 0.283. The predicted octanol–water partition coefficient (Wildman–Crippen LogP) is 3.81. The molecule has 0 bridgehead atoms. The summed E-state index contributed by atoms with van der Waals surface area (Å²) in [6, 6.07) is 5.82. The summed E-state index contributed by atoms with van der Waals surface area (Å²) < 4.78 is 2.74. The molecule has 0 aliphatic heterocycles. The largest absolute Gasteiger partial charge is 0.392 e.